The molecule has 1 aliphatic heterocycles. The molecule has 1 aliphatic rings. The largest absolute Gasteiger partial charge is 0.452 e. The number of hydrogen-bond donors (Lipinski definition) is 1. The van der Waals surface area contributed by atoms with Crippen molar-refractivity contribution < 1.29 is 22.7 Å². The van der Waals surface area contributed by atoms with E-state index in [-0.39, 0.29) is 11.5 Å². The van der Waals surface area contributed by atoms with Gasteiger partial charge in [-0.3, -0.25) is 4.79 Å². The second-order valence-corrected chi connectivity index (χ2v) is 7.90. The zero-order valence-electron chi connectivity index (χ0n) is 11.0. The van der Waals surface area contributed by atoms with Gasteiger partial charge in [-0.05, 0) is 24.6 Å². The van der Waals surface area contributed by atoms with Crippen LogP contribution in [0.4, 0.5) is 0 Å². The Morgan fingerprint density at radius 3 is 2.76 bits per heavy atom. The van der Waals surface area contributed by atoms with Gasteiger partial charge in [-0.25, -0.2) is 13.2 Å². The van der Waals surface area contributed by atoms with Crippen molar-refractivity contribution in [2.75, 3.05) is 18.1 Å². The Hall–Kier alpha value is -1.41. The third-order valence-electron chi connectivity index (χ3n) is 2.99. The van der Waals surface area contributed by atoms with E-state index >= 15 is 0 Å². The molecule has 1 amide bonds. The predicted molar refractivity (Wildman–Crippen MR) is 79.6 cm³/mol. The molecular weight excluding hydrogens is 362 g/mol. The fourth-order valence-electron chi connectivity index (χ4n) is 2.01. The maximum absolute atomic E-state index is 11.7. The van der Waals surface area contributed by atoms with Crippen LogP contribution in [-0.2, 0) is 19.4 Å². The highest BCUT2D eigenvalue weighted by Gasteiger charge is 2.29. The van der Waals surface area contributed by atoms with E-state index in [0.29, 0.717) is 12.0 Å². The van der Waals surface area contributed by atoms with Crippen LogP contribution in [0.2, 0.25) is 0 Å². The number of rotatable bonds is 4. The van der Waals surface area contributed by atoms with Crippen molar-refractivity contribution in [2.24, 2.45) is 0 Å². The molecule has 21 heavy (non-hydrogen) atoms. The van der Waals surface area contributed by atoms with Gasteiger partial charge in [0.15, 0.2) is 16.4 Å². The molecule has 114 valence electrons. The first kappa shape index (κ1) is 16.0. The third-order valence-corrected chi connectivity index (χ3v) is 5.25. The van der Waals surface area contributed by atoms with E-state index in [1.165, 1.54) is 0 Å². The first-order chi connectivity index (χ1) is 9.85. The summed E-state index contributed by atoms with van der Waals surface area (Å²) in [5.41, 5.74) is 0.334. The summed E-state index contributed by atoms with van der Waals surface area (Å²) in [6.45, 7) is -0.429. The van der Waals surface area contributed by atoms with Gasteiger partial charge in [0.25, 0.3) is 5.91 Å². The Balaban J connectivity index is 1.80. The van der Waals surface area contributed by atoms with Gasteiger partial charge in [0.05, 0.1) is 17.1 Å². The molecule has 1 heterocycles. The van der Waals surface area contributed by atoms with Crippen molar-refractivity contribution in [2.45, 2.75) is 12.5 Å². The van der Waals surface area contributed by atoms with Crippen molar-refractivity contribution >= 4 is 37.6 Å². The second-order valence-electron chi connectivity index (χ2n) is 4.75. The predicted octanol–water partition coefficient (Wildman–Crippen LogP) is 0.909. The van der Waals surface area contributed by atoms with Gasteiger partial charge in [0.2, 0.25) is 0 Å². The van der Waals surface area contributed by atoms with Gasteiger partial charge in [0.1, 0.15) is 0 Å². The highest BCUT2D eigenvalue weighted by Crippen LogP contribution is 2.13. The zero-order chi connectivity index (χ0) is 15.5. The quantitative estimate of drug-likeness (QED) is 0.789. The molecule has 0 aromatic heterocycles. The molecule has 1 aromatic rings. The molecular formula is C13H14BrNO5S. The minimum atomic E-state index is -3.05. The van der Waals surface area contributed by atoms with Crippen LogP contribution in [0.15, 0.2) is 28.7 Å². The molecule has 6 nitrogen and oxygen atoms in total. The smallest absolute Gasteiger partial charge is 0.338 e. The molecule has 0 spiro atoms. The topological polar surface area (TPSA) is 89.5 Å². The Morgan fingerprint density at radius 1 is 1.38 bits per heavy atom. The van der Waals surface area contributed by atoms with Crippen molar-refractivity contribution in [3.8, 4) is 0 Å². The number of nitrogens with one attached hydrogen (secondary N) is 1. The molecule has 1 N–H and O–H groups in total. The lowest BCUT2D eigenvalue weighted by molar-refractivity contribution is -0.124. The summed E-state index contributed by atoms with van der Waals surface area (Å²) in [4.78, 5) is 23.3. The molecule has 0 bridgehead atoms. The highest BCUT2D eigenvalue weighted by molar-refractivity contribution is 9.10. The summed E-state index contributed by atoms with van der Waals surface area (Å²) >= 11 is 3.24. The number of sulfone groups is 1. The number of carbonyl (C=O) groups is 2. The van der Waals surface area contributed by atoms with Gasteiger partial charge >= 0.3 is 5.97 Å². The van der Waals surface area contributed by atoms with Gasteiger partial charge in [0, 0.05) is 10.5 Å². The SMILES string of the molecule is O=C(COC(=O)c1cccc(Br)c1)N[C@@H]1CCS(=O)(=O)C1. The van der Waals surface area contributed by atoms with Crippen LogP contribution in [0, 0.1) is 0 Å². The van der Waals surface area contributed by atoms with Crippen molar-refractivity contribution in [1.82, 2.24) is 5.32 Å². The average molecular weight is 376 g/mol. The number of carbonyl (C=O) groups excluding carboxylic acids is 2. The lowest BCUT2D eigenvalue weighted by Crippen LogP contribution is -2.38. The van der Waals surface area contributed by atoms with Crippen molar-refractivity contribution in [3.05, 3.63) is 34.3 Å². The third kappa shape index (κ3) is 4.82. The summed E-state index contributed by atoms with van der Waals surface area (Å²) in [6, 6.07) is 6.22. The van der Waals surface area contributed by atoms with Crippen LogP contribution in [0.5, 0.6) is 0 Å². The monoisotopic (exact) mass is 375 g/mol. The summed E-state index contributed by atoms with van der Waals surface area (Å²) in [5, 5.41) is 2.55. The Bertz CT molecular complexity index is 658. The van der Waals surface area contributed by atoms with E-state index in [1.54, 1.807) is 24.3 Å². The highest BCUT2D eigenvalue weighted by atomic mass is 79.9. The van der Waals surface area contributed by atoms with Crippen LogP contribution in [0.3, 0.4) is 0 Å². The molecule has 0 unspecified atom stereocenters. The van der Waals surface area contributed by atoms with E-state index in [9.17, 15) is 18.0 Å². The lowest BCUT2D eigenvalue weighted by atomic mass is 10.2. The van der Waals surface area contributed by atoms with Crippen LogP contribution in [0.25, 0.3) is 0 Å². The molecule has 0 radical (unpaired) electrons. The fraction of sp³-hybridized carbons (Fsp3) is 0.385. The standard InChI is InChI=1S/C13H14BrNO5S/c14-10-3-1-2-9(6-10)13(17)20-7-12(16)15-11-4-5-21(18,19)8-11/h1-3,6,11H,4-5,7-8H2,(H,15,16)/t11-/m1/s1. The molecule has 8 heteroatoms. The summed E-state index contributed by atoms with van der Waals surface area (Å²) in [7, 11) is -3.05. The van der Waals surface area contributed by atoms with Crippen molar-refractivity contribution in [1.29, 1.82) is 0 Å². The van der Waals surface area contributed by atoms with Gasteiger partial charge in [-0.2, -0.15) is 0 Å². The minimum absolute atomic E-state index is 0.0572. The van der Waals surface area contributed by atoms with Gasteiger partial charge in [-0.1, -0.05) is 22.0 Å². The van der Waals surface area contributed by atoms with E-state index in [4.69, 9.17) is 4.74 Å². The summed E-state index contributed by atoms with van der Waals surface area (Å²) < 4.78 is 28.1. The maximum atomic E-state index is 11.7. The van der Waals surface area contributed by atoms with Crippen LogP contribution in [-0.4, -0.2) is 44.4 Å². The summed E-state index contributed by atoms with van der Waals surface area (Å²) in [6.07, 6.45) is 0.396. The van der Waals surface area contributed by atoms with E-state index in [0.717, 1.165) is 4.47 Å². The van der Waals surface area contributed by atoms with E-state index in [2.05, 4.69) is 21.2 Å². The van der Waals surface area contributed by atoms with E-state index in [1.807, 2.05) is 0 Å². The maximum Gasteiger partial charge on any atom is 0.338 e. The first-order valence-electron chi connectivity index (χ1n) is 6.28. The molecule has 2 rings (SSSR count). The lowest BCUT2D eigenvalue weighted by Gasteiger charge is -2.11. The molecule has 0 saturated carbocycles. The number of benzene rings is 1. The number of ether oxygens (including phenoxy) is 1. The molecule has 1 saturated heterocycles. The molecule has 1 aromatic carbocycles. The first-order valence-corrected chi connectivity index (χ1v) is 8.90. The molecule has 1 fully saturated rings. The number of esters is 1. The van der Waals surface area contributed by atoms with Gasteiger partial charge < -0.3 is 10.1 Å². The number of hydrogen-bond acceptors (Lipinski definition) is 5. The Kier molecular flexibility index (Phi) is 5.00. The fourth-order valence-corrected chi connectivity index (χ4v) is 4.08. The van der Waals surface area contributed by atoms with Gasteiger partial charge in [-0.15, -0.1) is 0 Å². The number of halogens is 1. The van der Waals surface area contributed by atoms with E-state index < -0.39 is 34.4 Å². The second kappa shape index (κ2) is 6.57. The molecule has 0 aliphatic carbocycles. The number of amides is 1. The van der Waals surface area contributed by atoms with Crippen LogP contribution in [0.1, 0.15) is 16.8 Å². The minimum Gasteiger partial charge on any atom is -0.452 e. The average Bonchev–Trinajstić information content (AvgIpc) is 2.75. The summed E-state index contributed by atoms with van der Waals surface area (Å²) in [5.74, 6) is -1.08. The van der Waals surface area contributed by atoms with Crippen LogP contribution >= 0.6 is 15.9 Å². The zero-order valence-corrected chi connectivity index (χ0v) is 13.4. The Morgan fingerprint density at radius 2 is 2.14 bits per heavy atom. The van der Waals surface area contributed by atoms with Crippen molar-refractivity contribution in [3.63, 3.8) is 0 Å². The van der Waals surface area contributed by atoms with Crippen LogP contribution < -0.4 is 5.32 Å². The Labute approximate surface area is 130 Å². The normalized spacial score (nSPS) is 20.0. The molecule has 1 atom stereocenters.